The quantitative estimate of drug-likeness (QED) is 0.611. The number of methoxy groups -OCH3 is 2. The molecule has 1 aromatic carbocycles. The predicted octanol–water partition coefficient (Wildman–Crippen LogP) is 1.14. The molecular weight excluding hydrogens is 302 g/mol. The molecule has 3 rings (SSSR count). The van der Waals surface area contributed by atoms with Gasteiger partial charge in [0, 0.05) is 6.07 Å². The van der Waals surface area contributed by atoms with Gasteiger partial charge in [-0.1, -0.05) is 0 Å². The summed E-state index contributed by atoms with van der Waals surface area (Å²) in [5.41, 5.74) is 0.510. The number of rotatable bonds is 4. The van der Waals surface area contributed by atoms with Crippen LogP contribution in [0.15, 0.2) is 18.2 Å². The number of amides is 1. The Morgan fingerprint density at radius 1 is 1.22 bits per heavy atom. The molecule has 1 aromatic rings. The first kappa shape index (κ1) is 15.8. The molecule has 7 nitrogen and oxygen atoms in total. The highest BCUT2D eigenvalue weighted by molar-refractivity contribution is 6.52. The molecule has 0 N–H and O–H groups in total. The number of carbonyl (C=O) groups is 2. The number of benzene rings is 1. The van der Waals surface area contributed by atoms with Gasteiger partial charge in [-0.2, -0.15) is 0 Å². The molecule has 0 bridgehead atoms. The van der Waals surface area contributed by atoms with Crippen LogP contribution >= 0.6 is 0 Å². The highest BCUT2D eigenvalue weighted by atomic mass is 16.7. The van der Waals surface area contributed by atoms with Gasteiger partial charge in [-0.15, -0.1) is 0 Å². The van der Waals surface area contributed by atoms with E-state index in [1.807, 2.05) is 0 Å². The van der Waals surface area contributed by atoms with Crippen molar-refractivity contribution in [2.45, 2.75) is 31.8 Å². The number of ketones is 1. The molecule has 23 heavy (non-hydrogen) atoms. The molecular formula is C16H19NO6. The second-order valence-electron chi connectivity index (χ2n) is 5.89. The van der Waals surface area contributed by atoms with E-state index < -0.39 is 29.6 Å². The van der Waals surface area contributed by atoms with Crippen molar-refractivity contribution in [2.75, 3.05) is 25.7 Å². The van der Waals surface area contributed by atoms with Gasteiger partial charge in [0.25, 0.3) is 5.91 Å². The first-order valence-electron chi connectivity index (χ1n) is 7.29. The van der Waals surface area contributed by atoms with Crippen molar-refractivity contribution >= 4 is 17.4 Å². The van der Waals surface area contributed by atoms with Crippen LogP contribution in [0.5, 0.6) is 11.5 Å². The molecule has 7 heteroatoms. The summed E-state index contributed by atoms with van der Waals surface area (Å²) in [6.45, 7) is 3.80. The summed E-state index contributed by atoms with van der Waals surface area (Å²) in [4.78, 5) is 25.6. The van der Waals surface area contributed by atoms with E-state index in [-0.39, 0.29) is 6.61 Å². The zero-order valence-corrected chi connectivity index (χ0v) is 13.5. The van der Waals surface area contributed by atoms with Gasteiger partial charge in [0.1, 0.15) is 23.6 Å². The summed E-state index contributed by atoms with van der Waals surface area (Å²) < 4.78 is 21.7. The van der Waals surface area contributed by atoms with Crippen molar-refractivity contribution in [3.63, 3.8) is 0 Å². The maximum atomic E-state index is 12.1. The van der Waals surface area contributed by atoms with Gasteiger partial charge >= 0.3 is 0 Å². The second kappa shape index (κ2) is 5.50. The van der Waals surface area contributed by atoms with E-state index in [1.165, 1.54) is 12.0 Å². The largest absolute Gasteiger partial charge is 0.497 e. The SMILES string of the molecule is COc1ccc(N2C(=O)C(=O)[C@@H]2[C@H]2COC(C)(C)O2)c(OC)c1. The molecule has 2 fully saturated rings. The molecule has 0 radical (unpaired) electrons. The number of β-lactam (4-membered cyclic amide) rings is 1. The Balaban J connectivity index is 1.92. The lowest BCUT2D eigenvalue weighted by molar-refractivity contribution is -0.156. The van der Waals surface area contributed by atoms with E-state index in [4.69, 9.17) is 18.9 Å². The minimum Gasteiger partial charge on any atom is -0.497 e. The summed E-state index contributed by atoms with van der Waals surface area (Å²) in [5.74, 6) is -0.767. The third-order valence-corrected chi connectivity index (χ3v) is 4.01. The van der Waals surface area contributed by atoms with Crippen LogP contribution in [0.4, 0.5) is 5.69 Å². The molecule has 2 saturated heterocycles. The highest BCUT2D eigenvalue weighted by Gasteiger charge is 2.55. The average molecular weight is 321 g/mol. The second-order valence-corrected chi connectivity index (χ2v) is 5.89. The maximum absolute atomic E-state index is 12.1. The molecule has 2 aliphatic heterocycles. The summed E-state index contributed by atoms with van der Waals surface area (Å²) >= 11 is 0. The molecule has 2 heterocycles. The van der Waals surface area contributed by atoms with Crippen LogP contribution in [0, 0.1) is 0 Å². The van der Waals surface area contributed by atoms with Crippen LogP contribution in [0.3, 0.4) is 0 Å². The summed E-state index contributed by atoms with van der Waals surface area (Å²) in [7, 11) is 3.04. The number of nitrogens with zero attached hydrogens (tertiary/aromatic N) is 1. The highest BCUT2D eigenvalue weighted by Crippen LogP contribution is 2.39. The third kappa shape index (κ3) is 2.55. The number of hydrogen-bond acceptors (Lipinski definition) is 6. The number of hydrogen-bond donors (Lipinski definition) is 0. The van der Waals surface area contributed by atoms with E-state index in [2.05, 4.69) is 0 Å². The van der Waals surface area contributed by atoms with E-state index in [9.17, 15) is 9.59 Å². The Hall–Kier alpha value is -2.12. The van der Waals surface area contributed by atoms with Crippen LogP contribution in [0.25, 0.3) is 0 Å². The lowest BCUT2D eigenvalue weighted by Crippen LogP contribution is -2.67. The number of ether oxygens (including phenoxy) is 4. The minimum absolute atomic E-state index is 0.256. The average Bonchev–Trinajstić information content (AvgIpc) is 2.90. The number of anilines is 1. The van der Waals surface area contributed by atoms with E-state index in [0.29, 0.717) is 17.2 Å². The van der Waals surface area contributed by atoms with Crippen molar-refractivity contribution in [1.82, 2.24) is 0 Å². The zero-order chi connectivity index (χ0) is 16.8. The van der Waals surface area contributed by atoms with Crippen LogP contribution in [-0.4, -0.2) is 50.4 Å². The Morgan fingerprint density at radius 2 is 1.96 bits per heavy atom. The monoisotopic (exact) mass is 321 g/mol. The fourth-order valence-electron chi connectivity index (χ4n) is 2.87. The molecule has 0 saturated carbocycles. The van der Waals surface area contributed by atoms with Gasteiger partial charge in [0.05, 0.1) is 26.5 Å². The molecule has 124 valence electrons. The van der Waals surface area contributed by atoms with E-state index >= 15 is 0 Å². The third-order valence-electron chi connectivity index (χ3n) is 4.01. The molecule has 2 aliphatic rings. The van der Waals surface area contributed by atoms with Crippen LogP contribution in [0.1, 0.15) is 13.8 Å². The molecule has 1 amide bonds. The van der Waals surface area contributed by atoms with Gasteiger partial charge in [-0.3, -0.25) is 14.5 Å². The zero-order valence-electron chi connectivity index (χ0n) is 13.5. The normalized spacial score (nSPS) is 26.2. The van der Waals surface area contributed by atoms with E-state index in [1.54, 1.807) is 39.2 Å². The minimum atomic E-state index is -0.765. The standard InChI is InChI=1S/C16H19NO6/c1-16(2)22-8-12(23-16)13-14(18)15(19)17(13)10-6-5-9(20-3)7-11(10)21-4/h5-7,12-13H,8H2,1-4H3/t12-,13+/m1/s1. The number of carbonyl (C=O) groups excluding carboxylic acids is 2. The Kier molecular flexibility index (Phi) is 3.77. The fraction of sp³-hybridized carbons (Fsp3) is 0.500. The van der Waals surface area contributed by atoms with Gasteiger partial charge in [-0.25, -0.2) is 0 Å². The lowest BCUT2D eigenvalue weighted by atomic mass is 9.93. The summed E-state index contributed by atoms with van der Waals surface area (Å²) in [6, 6.07) is 4.36. The van der Waals surface area contributed by atoms with Crippen molar-refractivity contribution in [3.8, 4) is 11.5 Å². The number of Topliss-reactive ketones (excluding diaryl/α,β-unsaturated/α-hetero) is 1. The van der Waals surface area contributed by atoms with Crippen molar-refractivity contribution in [3.05, 3.63) is 18.2 Å². The molecule has 0 aromatic heterocycles. The van der Waals surface area contributed by atoms with Crippen molar-refractivity contribution in [1.29, 1.82) is 0 Å². The maximum Gasteiger partial charge on any atom is 0.297 e. The molecule has 0 unspecified atom stereocenters. The van der Waals surface area contributed by atoms with Gasteiger partial charge in [0.15, 0.2) is 5.79 Å². The van der Waals surface area contributed by atoms with Crippen LogP contribution < -0.4 is 14.4 Å². The smallest absolute Gasteiger partial charge is 0.297 e. The summed E-state index contributed by atoms with van der Waals surface area (Å²) in [5, 5.41) is 0. The first-order chi connectivity index (χ1) is 10.9. The van der Waals surface area contributed by atoms with Crippen LogP contribution in [0.2, 0.25) is 0 Å². The molecule has 0 aliphatic carbocycles. The topological polar surface area (TPSA) is 74.3 Å². The first-order valence-corrected chi connectivity index (χ1v) is 7.29. The van der Waals surface area contributed by atoms with Gasteiger partial charge in [-0.05, 0) is 26.0 Å². The fourth-order valence-corrected chi connectivity index (χ4v) is 2.87. The Labute approximate surface area is 134 Å². The predicted molar refractivity (Wildman–Crippen MR) is 80.7 cm³/mol. The Bertz CT molecular complexity index is 656. The summed E-state index contributed by atoms with van der Waals surface area (Å²) in [6.07, 6.45) is -0.498. The Morgan fingerprint density at radius 3 is 2.52 bits per heavy atom. The van der Waals surface area contributed by atoms with Gasteiger partial charge in [0.2, 0.25) is 5.78 Å². The van der Waals surface area contributed by atoms with Gasteiger partial charge < -0.3 is 18.9 Å². The van der Waals surface area contributed by atoms with Crippen molar-refractivity contribution in [2.24, 2.45) is 0 Å². The van der Waals surface area contributed by atoms with Crippen molar-refractivity contribution < 1.29 is 28.5 Å². The lowest BCUT2D eigenvalue weighted by Gasteiger charge is -2.41. The molecule has 0 spiro atoms. The van der Waals surface area contributed by atoms with E-state index in [0.717, 1.165) is 0 Å². The van der Waals surface area contributed by atoms with Crippen LogP contribution in [-0.2, 0) is 19.1 Å². The molecule has 2 atom stereocenters.